The minimum atomic E-state index is -0.118. The molecule has 1 unspecified atom stereocenters. The highest BCUT2D eigenvalue weighted by Crippen LogP contribution is 2.32. The van der Waals surface area contributed by atoms with Crippen LogP contribution >= 0.6 is 0 Å². The van der Waals surface area contributed by atoms with Crippen LogP contribution in [0.25, 0.3) is 22.2 Å². The van der Waals surface area contributed by atoms with Gasteiger partial charge in [-0.2, -0.15) is 5.10 Å². The van der Waals surface area contributed by atoms with Crippen LogP contribution in [-0.2, 0) is 24.8 Å². The summed E-state index contributed by atoms with van der Waals surface area (Å²) < 4.78 is 8.09. The molecular weight excluding hydrogens is 378 g/mol. The number of hydrogen-bond acceptors (Lipinski definition) is 5. The predicted molar refractivity (Wildman–Crippen MR) is 115 cm³/mol. The summed E-state index contributed by atoms with van der Waals surface area (Å²) in [5.41, 5.74) is 5.57. The van der Waals surface area contributed by atoms with Gasteiger partial charge in [0.1, 0.15) is 6.10 Å². The van der Waals surface area contributed by atoms with E-state index in [-0.39, 0.29) is 17.9 Å². The maximum atomic E-state index is 11.6. The zero-order chi connectivity index (χ0) is 20.8. The number of ether oxygens (including phenoxy) is 1. The van der Waals surface area contributed by atoms with Gasteiger partial charge in [-0.1, -0.05) is 12.1 Å². The standard InChI is InChI=1S/C23H27N5O2/c1-14(17-9-22(29)24-11-17)30-23-19-13-28(3)26-21(19)10-20(25-23)16-5-4-15-6-7-27(2)12-18(15)8-16/h4-5,8,10,13-14,17H,6-7,9,11-12H2,1-3H3,(H,24,29)/t14?,17-/m1/s1. The van der Waals surface area contributed by atoms with Crippen molar-refractivity contribution < 1.29 is 9.53 Å². The van der Waals surface area contributed by atoms with E-state index in [1.54, 1.807) is 4.68 Å². The van der Waals surface area contributed by atoms with Gasteiger partial charge >= 0.3 is 0 Å². The van der Waals surface area contributed by atoms with E-state index in [1.807, 2.05) is 26.2 Å². The molecule has 2 aromatic heterocycles. The molecule has 1 fully saturated rings. The van der Waals surface area contributed by atoms with Crippen molar-refractivity contribution in [3.8, 4) is 17.1 Å². The molecular formula is C23H27N5O2. The highest BCUT2D eigenvalue weighted by molar-refractivity contribution is 5.87. The second kappa shape index (κ2) is 7.40. The molecule has 1 amide bonds. The summed E-state index contributed by atoms with van der Waals surface area (Å²) in [6.07, 6.45) is 3.40. The van der Waals surface area contributed by atoms with Crippen molar-refractivity contribution in [1.29, 1.82) is 0 Å². The van der Waals surface area contributed by atoms with Gasteiger partial charge in [0.05, 0.1) is 16.6 Å². The third-order valence-corrected chi connectivity index (χ3v) is 6.26. The number of pyridine rings is 1. The topological polar surface area (TPSA) is 72.3 Å². The van der Waals surface area contributed by atoms with Crippen molar-refractivity contribution >= 4 is 16.8 Å². The van der Waals surface area contributed by atoms with Crippen LogP contribution < -0.4 is 10.1 Å². The van der Waals surface area contributed by atoms with Crippen molar-refractivity contribution in [2.24, 2.45) is 13.0 Å². The van der Waals surface area contributed by atoms with E-state index in [0.717, 1.165) is 41.7 Å². The van der Waals surface area contributed by atoms with Crippen LogP contribution in [0.4, 0.5) is 0 Å². The monoisotopic (exact) mass is 405 g/mol. The Balaban J connectivity index is 1.52. The van der Waals surface area contributed by atoms with Gasteiger partial charge in [0, 0.05) is 50.8 Å². The second-order valence-electron chi connectivity index (χ2n) is 8.61. The molecule has 7 nitrogen and oxygen atoms in total. The Labute approximate surface area is 176 Å². The summed E-state index contributed by atoms with van der Waals surface area (Å²) in [4.78, 5) is 18.8. The Morgan fingerprint density at radius 3 is 2.90 bits per heavy atom. The third-order valence-electron chi connectivity index (χ3n) is 6.26. The average molecular weight is 406 g/mol. The number of aryl methyl sites for hydroxylation is 1. The van der Waals surface area contributed by atoms with Gasteiger partial charge in [-0.05, 0) is 43.7 Å². The summed E-state index contributed by atoms with van der Waals surface area (Å²) in [5, 5.41) is 8.38. The van der Waals surface area contributed by atoms with E-state index in [2.05, 4.69) is 40.6 Å². The van der Waals surface area contributed by atoms with Gasteiger partial charge in [-0.3, -0.25) is 9.48 Å². The molecule has 156 valence electrons. The Morgan fingerprint density at radius 1 is 1.23 bits per heavy atom. The van der Waals surface area contributed by atoms with E-state index in [4.69, 9.17) is 9.72 Å². The summed E-state index contributed by atoms with van der Waals surface area (Å²) in [5.74, 6) is 0.814. The number of carbonyl (C=O) groups excluding carboxylic acids is 1. The SMILES string of the molecule is CC(Oc1nc(-c2ccc3c(c2)CN(C)CC3)cc2nn(C)cc12)[C@H]1CNC(=O)C1. The summed E-state index contributed by atoms with van der Waals surface area (Å²) in [6, 6.07) is 8.64. The number of aromatic nitrogens is 3. The third kappa shape index (κ3) is 3.54. The Morgan fingerprint density at radius 2 is 2.10 bits per heavy atom. The molecule has 0 saturated carbocycles. The molecule has 3 aromatic rings. The van der Waals surface area contributed by atoms with Crippen LogP contribution in [-0.4, -0.2) is 51.8 Å². The van der Waals surface area contributed by atoms with Gasteiger partial charge in [0.2, 0.25) is 11.8 Å². The number of rotatable bonds is 4. The molecule has 1 N–H and O–H groups in total. The van der Waals surface area contributed by atoms with Crippen LogP contribution in [0.5, 0.6) is 5.88 Å². The van der Waals surface area contributed by atoms with E-state index >= 15 is 0 Å². The molecule has 2 aliphatic heterocycles. The molecule has 7 heteroatoms. The fourth-order valence-corrected chi connectivity index (χ4v) is 4.44. The molecule has 0 radical (unpaired) electrons. The van der Waals surface area contributed by atoms with Gasteiger partial charge < -0.3 is 15.0 Å². The predicted octanol–water partition coefficient (Wildman–Crippen LogP) is 2.53. The number of carbonyl (C=O) groups is 1. The molecule has 2 atom stereocenters. The maximum Gasteiger partial charge on any atom is 0.225 e. The summed E-state index contributed by atoms with van der Waals surface area (Å²) in [7, 11) is 4.06. The molecule has 0 spiro atoms. The molecule has 1 saturated heterocycles. The minimum Gasteiger partial charge on any atom is -0.474 e. The molecule has 0 bridgehead atoms. The van der Waals surface area contributed by atoms with Crippen LogP contribution in [0.2, 0.25) is 0 Å². The van der Waals surface area contributed by atoms with Gasteiger partial charge in [0.25, 0.3) is 0 Å². The quantitative estimate of drug-likeness (QED) is 0.722. The lowest BCUT2D eigenvalue weighted by Crippen LogP contribution is -2.26. The van der Waals surface area contributed by atoms with Crippen molar-refractivity contribution in [2.45, 2.75) is 32.4 Å². The zero-order valence-electron chi connectivity index (χ0n) is 17.7. The molecule has 1 aromatic carbocycles. The van der Waals surface area contributed by atoms with Crippen molar-refractivity contribution in [3.05, 3.63) is 41.6 Å². The smallest absolute Gasteiger partial charge is 0.225 e. The van der Waals surface area contributed by atoms with Crippen molar-refractivity contribution in [1.82, 2.24) is 25.0 Å². The zero-order valence-corrected chi connectivity index (χ0v) is 17.7. The number of hydrogen-bond donors (Lipinski definition) is 1. The first-order valence-corrected chi connectivity index (χ1v) is 10.5. The molecule has 2 aliphatic rings. The number of amides is 1. The van der Waals surface area contributed by atoms with Crippen LogP contribution in [0.1, 0.15) is 24.5 Å². The number of benzene rings is 1. The fourth-order valence-electron chi connectivity index (χ4n) is 4.44. The lowest BCUT2D eigenvalue weighted by atomic mass is 9.96. The largest absolute Gasteiger partial charge is 0.474 e. The van der Waals surface area contributed by atoms with E-state index in [1.165, 1.54) is 11.1 Å². The van der Waals surface area contributed by atoms with Crippen LogP contribution in [0.15, 0.2) is 30.5 Å². The first-order valence-electron chi connectivity index (χ1n) is 10.5. The number of nitrogens with zero attached hydrogens (tertiary/aromatic N) is 4. The average Bonchev–Trinajstić information content (AvgIpc) is 3.32. The van der Waals surface area contributed by atoms with Crippen molar-refractivity contribution in [2.75, 3.05) is 20.1 Å². The van der Waals surface area contributed by atoms with Gasteiger partial charge in [-0.15, -0.1) is 0 Å². The maximum absolute atomic E-state index is 11.6. The first kappa shape index (κ1) is 19.1. The Hall–Kier alpha value is -2.93. The van der Waals surface area contributed by atoms with E-state index in [9.17, 15) is 4.79 Å². The molecule has 5 rings (SSSR count). The lowest BCUT2D eigenvalue weighted by Gasteiger charge is -2.25. The highest BCUT2D eigenvalue weighted by atomic mass is 16.5. The Kier molecular flexibility index (Phi) is 4.70. The lowest BCUT2D eigenvalue weighted by molar-refractivity contribution is -0.119. The number of fused-ring (bicyclic) bond motifs is 2. The summed E-state index contributed by atoms with van der Waals surface area (Å²) in [6.45, 7) is 4.71. The Bertz CT molecular complexity index is 1120. The normalized spacial score (nSPS) is 20.2. The molecule has 4 heterocycles. The highest BCUT2D eigenvalue weighted by Gasteiger charge is 2.29. The summed E-state index contributed by atoms with van der Waals surface area (Å²) >= 11 is 0. The number of nitrogens with one attached hydrogen (secondary N) is 1. The number of likely N-dealkylation sites (N-methyl/N-ethyl adjacent to an activating group) is 1. The van der Waals surface area contributed by atoms with Gasteiger partial charge in [-0.25, -0.2) is 4.98 Å². The van der Waals surface area contributed by atoms with Crippen LogP contribution in [0.3, 0.4) is 0 Å². The minimum absolute atomic E-state index is 0.0858. The van der Waals surface area contributed by atoms with Crippen molar-refractivity contribution in [3.63, 3.8) is 0 Å². The molecule has 30 heavy (non-hydrogen) atoms. The molecule has 0 aliphatic carbocycles. The van der Waals surface area contributed by atoms with E-state index < -0.39 is 0 Å². The van der Waals surface area contributed by atoms with Crippen LogP contribution in [0, 0.1) is 5.92 Å². The first-order chi connectivity index (χ1) is 14.5. The van der Waals surface area contributed by atoms with E-state index in [0.29, 0.717) is 18.8 Å². The fraction of sp³-hybridized carbons (Fsp3) is 0.435. The van der Waals surface area contributed by atoms with Gasteiger partial charge in [0.15, 0.2) is 0 Å². The second-order valence-corrected chi connectivity index (χ2v) is 8.61.